The average Bonchev–Trinajstić information content (AvgIpc) is 1.96. The molecule has 1 aliphatic rings. The molecule has 0 aromatic heterocycles. The third-order valence-corrected chi connectivity index (χ3v) is 4.03. The van der Waals surface area contributed by atoms with Gasteiger partial charge in [-0.15, -0.1) is 0 Å². The smallest absolute Gasteiger partial charge is 0.0287 e. The van der Waals surface area contributed by atoms with Crippen LogP contribution in [0.5, 0.6) is 0 Å². The number of rotatable bonds is 6. The first kappa shape index (κ1) is 11.2. The van der Waals surface area contributed by atoms with Crippen LogP contribution in [0.1, 0.15) is 26.7 Å². The minimum atomic E-state index is -0.555. The van der Waals surface area contributed by atoms with E-state index in [1.54, 1.807) is 0 Å². The van der Waals surface area contributed by atoms with Gasteiger partial charge in [-0.05, 0) is 18.3 Å². The molecule has 1 N–H and O–H groups in total. The van der Waals surface area contributed by atoms with Crippen LogP contribution >= 0.6 is 0 Å². The van der Waals surface area contributed by atoms with Crippen LogP contribution in [-0.4, -0.2) is 28.8 Å². The summed E-state index contributed by atoms with van der Waals surface area (Å²) >= 11 is 0. The lowest BCUT2D eigenvalue weighted by Gasteiger charge is -2.26. The van der Waals surface area contributed by atoms with E-state index in [0.29, 0.717) is 5.92 Å². The molecule has 1 aliphatic heterocycles. The van der Waals surface area contributed by atoms with Crippen LogP contribution < -0.4 is 5.32 Å². The Bertz CT molecular complexity index is 166. The van der Waals surface area contributed by atoms with Crippen LogP contribution in [0.3, 0.4) is 0 Å². The van der Waals surface area contributed by atoms with E-state index in [1.807, 2.05) is 0 Å². The largest absolute Gasteiger partial charge is 0.316 e. The van der Waals surface area contributed by atoms with Gasteiger partial charge in [0, 0.05) is 35.4 Å². The lowest BCUT2D eigenvalue weighted by Crippen LogP contribution is -2.44. The van der Waals surface area contributed by atoms with Gasteiger partial charge in [0.1, 0.15) is 0 Å². The summed E-state index contributed by atoms with van der Waals surface area (Å²) in [6, 6.07) is 0. The van der Waals surface area contributed by atoms with Gasteiger partial charge in [0.15, 0.2) is 0 Å². The fraction of sp³-hybridized carbons (Fsp3) is 1.00. The van der Waals surface area contributed by atoms with Crippen LogP contribution in [0, 0.1) is 11.8 Å². The fourth-order valence-corrected chi connectivity index (χ4v) is 2.88. The molecule has 0 aromatic carbocycles. The van der Waals surface area contributed by atoms with Gasteiger partial charge in [-0.3, -0.25) is 4.21 Å². The maximum atomic E-state index is 11.5. The summed E-state index contributed by atoms with van der Waals surface area (Å²) < 4.78 is 11.5. The molecule has 1 rings (SSSR count). The number of hydrogen-bond donors (Lipinski definition) is 1. The highest BCUT2D eigenvalue weighted by molar-refractivity contribution is 7.84. The second-order valence-corrected chi connectivity index (χ2v) is 5.99. The van der Waals surface area contributed by atoms with Gasteiger partial charge in [0.05, 0.1) is 0 Å². The molecule has 0 saturated carbocycles. The van der Waals surface area contributed by atoms with Crippen molar-refractivity contribution in [2.45, 2.75) is 26.7 Å². The molecule has 3 heteroatoms. The molecule has 1 unspecified atom stereocenters. The molecular formula is C10H21NOS. The minimum Gasteiger partial charge on any atom is -0.316 e. The van der Waals surface area contributed by atoms with Crippen LogP contribution in [0.25, 0.3) is 0 Å². The minimum absolute atomic E-state index is 0.555. The molecular weight excluding hydrogens is 182 g/mol. The van der Waals surface area contributed by atoms with E-state index in [-0.39, 0.29) is 0 Å². The van der Waals surface area contributed by atoms with Crippen LogP contribution in [0.15, 0.2) is 0 Å². The van der Waals surface area contributed by atoms with E-state index in [9.17, 15) is 4.21 Å². The monoisotopic (exact) mass is 203 g/mol. The zero-order chi connectivity index (χ0) is 9.68. The summed E-state index contributed by atoms with van der Waals surface area (Å²) in [6.07, 6.45) is 2.35. The Labute approximate surface area is 83.9 Å². The first-order valence-electron chi connectivity index (χ1n) is 5.24. The van der Waals surface area contributed by atoms with Crippen LogP contribution in [0.4, 0.5) is 0 Å². The summed E-state index contributed by atoms with van der Waals surface area (Å²) in [5, 5.41) is 3.21. The van der Waals surface area contributed by atoms with Gasteiger partial charge in [0.2, 0.25) is 0 Å². The molecule has 1 atom stereocenters. The molecule has 0 spiro atoms. The molecule has 13 heavy (non-hydrogen) atoms. The molecule has 0 bridgehead atoms. The van der Waals surface area contributed by atoms with Gasteiger partial charge >= 0.3 is 0 Å². The predicted molar refractivity (Wildman–Crippen MR) is 58.3 cm³/mol. The second-order valence-electron chi connectivity index (χ2n) is 4.37. The summed E-state index contributed by atoms with van der Waals surface area (Å²) in [4.78, 5) is 0. The van der Waals surface area contributed by atoms with E-state index in [0.717, 1.165) is 36.9 Å². The standard InChI is InChI=1S/C10H21NOS/c1-9(2)4-3-5-13(12)8-10-6-11-7-10/h9-11H,3-8H2,1-2H3. The van der Waals surface area contributed by atoms with Crippen molar-refractivity contribution in [3.05, 3.63) is 0 Å². The Hall–Kier alpha value is 0.110. The quantitative estimate of drug-likeness (QED) is 0.707. The highest BCUT2D eigenvalue weighted by atomic mass is 32.2. The van der Waals surface area contributed by atoms with Crippen molar-refractivity contribution >= 4 is 10.8 Å². The average molecular weight is 203 g/mol. The second kappa shape index (κ2) is 5.76. The molecule has 1 saturated heterocycles. The lowest BCUT2D eigenvalue weighted by atomic mass is 10.1. The zero-order valence-electron chi connectivity index (χ0n) is 8.71. The first-order valence-corrected chi connectivity index (χ1v) is 6.73. The molecule has 1 heterocycles. The summed E-state index contributed by atoms with van der Waals surface area (Å²) in [5.41, 5.74) is 0. The van der Waals surface area contributed by atoms with E-state index in [1.165, 1.54) is 6.42 Å². The van der Waals surface area contributed by atoms with Crippen molar-refractivity contribution in [1.82, 2.24) is 5.32 Å². The summed E-state index contributed by atoms with van der Waals surface area (Å²) in [7, 11) is -0.555. The van der Waals surface area contributed by atoms with Gasteiger partial charge in [0.25, 0.3) is 0 Å². The Morgan fingerprint density at radius 2 is 2.15 bits per heavy atom. The Morgan fingerprint density at radius 3 is 2.62 bits per heavy atom. The maximum Gasteiger partial charge on any atom is 0.0287 e. The Balaban J connectivity index is 1.97. The van der Waals surface area contributed by atoms with Crippen molar-refractivity contribution in [2.75, 3.05) is 24.6 Å². The number of nitrogens with one attached hydrogen (secondary N) is 1. The zero-order valence-corrected chi connectivity index (χ0v) is 9.53. The van der Waals surface area contributed by atoms with Gasteiger partial charge in [-0.2, -0.15) is 0 Å². The van der Waals surface area contributed by atoms with E-state index < -0.39 is 10.8 Å². The normalized spacial score (nSPS) is 20.2. The lowest BCUT2D eigenvalue weighted by molar-refractivity contribution is 0.382. The molecule has 1 fully saturated rings. The highest BCUT2D eigenvalue weighted by Crippen LogP contribution is 2.08. The molecule has 0 aliphatic carbocycles. The maximum absolute atomic E-state index is 11.5. The van der Waals surface area contributed by atoms with Crippen molar-refractivity contribution in [2.24, 2.45) is 11.8 Å². The van der Waals surface area contributed by atoms with Crippen LogP contribution in [-0.2, 0) is 10.8 Å². The first-order chi connectivity index (χ1) is 6.18. The third kappa shape index (κ3) is 4.77. The molecule has 2 nitrogen and oxygen atoms in total. The van der Waals surface area contributed by atoms with Gasteiger partial charge in [-0.1, -0.05) is 20.3 Å². The highest BCUT2D eigenvalue weighted by Gasteiger charge is 2.18. The van der Waals surface area contributed by atoms with E-state index in [4.69, 9.17) is 0 Å². The topological polar surface area (TPSA) is 29.1 Å². The predicted octanol–water partition coefficient (Wildman–Crippen LogP) is 1.39. The van der Waals surface area contributed by atoms with E-state index >= 15 is 0 Å². The molecule has 0 aromatic rings. The van der Waals surface area contributed by atoms with Crippen LogP contribution in [0.2, 0.25) is 0 Å². The molecule has 0 amide bonds. The van der Waals surface area contributed by atoms with E-state index in [2.05, 4.69) is 19.2 Å². The van der Waals surface area contributed by atoms with Gasteiger partial charge in [-0.25, -0.2) is 0 Å². The van der Waals surface area contributed by atoms with Crippen molar-refractivity contribution in [3.8, 4) is 0 Å². The van der Waals surface area contributed by atoms with Crippen molar-refractivity contribution in [3.63, 3.8) is 0 Å². The summed E-state index contributed by atoms with van der Waals surface area (Å²) in [5.74, 6) is 3.28. The molecule has 0 radical (unpaired) electrons. The van der Waals surface area contributed by atoms with Crippen molar-refractivity contribution in [1.29, 1.82) is 0 Å². The SMILES string of the molecule is CC(C)CCCS(=O)CC1CNC1. The van der Waals surface area contributed by atoms with Gasteiger partial charge < -0.3 is 5.32 Å². The number of hydrogen-bond acceptors (Lipinski definition) is 2. The third-order valence-electron chi connectivity index (χ3n) is 2.44. The fourth-order valence-electron chi connectivity index (χ4n) is 1.47. The Morgan fingerprint density at radius 1 is 1.46 bits per heavy atom. The van der Waals surface area contributed by atoms with Crippen molar-refractivity contribution < 1.29 is 4.21 Å². The Kier molecular flexibility index (Phi) is 4.96. The summed E-state index contributed by atoms with van der Waals surface area (Å²) in [6.45, 7) is 6.60. The molecule has 78 valence electrons.